The minimum Gasteiger partial charge on any atom is -0.462 e. The number of allylic oxidation sites excluding steroid dienone is 12. The summed E-state index contributed by atoms with van der Waals surface area (Å²) in [6, 6.07) is 0. The molecular formula is C46H77O11P. The van der Waals surface area contributed by atoms with Gasteiger partial charge >= 0.3 is 19.8 Å². The summed E-state index contributed by atoms with van der Waals surface area (Å²) in [5, 5.41) is 28.5. The minimum atomic E-state index is -4.67. The van der Waals surface area contributed by atoms with E-state index in [2.05, 4.69) is 67.0 Å². The lowest BCUT2D eigenvalue weighted by atomic mass is 10.1. The molecular weight excluding hydrogens is 759 g/mol. The van der Waals surface area contributed by atoms with Crippen LogP contribution in [0.3, 0.4) is 0 Å². The van der Waals surface area contributed by atoms with Crippen LogP contribution in [0.4, 0.5) is 0 Å². The Labute approximate surface area is 350 Å². The molecule has 0 heterocycles. The molecule has 4 atom stereocenters. The topological polar surface area (TPSA) is 169 Å². The van der Waals surface area contributed by atoms with Crippen LogP contribution in [0, 0.1) is 0 Å². The van der Waals surface area contributed by atoms with Crippen LogP contribution in [0.15, 0.2) is 85.1 Å². The van der Waals surface area contributed by atoms with Crippen molar-refractivity contribution in [3.63, 3.8) is 0 Å². The summed E-state index contributed by atoms with van der Waals surface area (Å²) in [4.78, 5) is 35.0. The molecule has 0 saturated carbocycles. The van der Waals surface area contributed by atoms with Gasteiger partial charge in [-0.25, -0.2) is 4.57 Å². The number of aliphatic hydroxyl groups is 3. The van der Waals surface area contributed by atoms with E-state index in [-0.39, 0.29) is 19.4 Å². The number of phosphoric ester groups is 1. The Morgan fingerprint density at radius 2 is 1.10 bits per heavy atom. The molecule has 0 bridgehead atoms. The van der Waals surface area contributed by atoms with Gasteiger partial charge in [-0.2, -0.15) is 0 Å². The highest BCUT2D eigenvalue weighted by atomic mass is 31.2. The van der Waals surface area contributed by atoms with Crippen LogP contribution in [0.2, 0.25) is 0 Å². The summed E-state index contributed by atoms with van der Waals surface area (Å²) in [5.74, 6) is -1.09. The molecule has 58 heavy (non-hydrogen) atoms. The Hall–Kier alpha value is -2.89. The van der Waals surface area contributed by atoms with Gasteiger partial charge in [0.1, 0.15) is 12.7 Å². The van der Waals surface area contributed by atoms with E-state index < -0.39 is 57.9 Å². The van der Waals surface area contributed by atoms with Gasteiger partial charge in [-0.05, 0) is 83.5 Å². The zero-order valence-electron chi connectivity index (χ0n) is 35.6. The molecule has 11 nitrogen and oxygen atoms in total. The number of aliphatic hydroxyl groups excluding tert-OH is 3. The van der Waals surface area contributed by atoms with Crippen LogP contribution in [0.5, 0.6) is 0 Å². The third-order valence-electron chi connectivity index (χ3n) is 8.60. The van der Waals surface area contributed by atoms with Crippen molar-refractivity contribution in [3.05, 3.63) is 85.1 Å². The number of rotatable bonds is 39. The van der Waals surface area contributed by atoms with Crippen LogP contribution < -0.4 is 0 Å². The quantitative estimate of drug-likeness (QED) is 0.0153. The van der Waals surface area contributed by atoms with Gasteiger partial charge in [0.2, 0.25) is 0 Å². The largest absolute Gasteiger partial charge is 0.472 e. The van der Waals surface area contributed by atoms with Gasteiger partial charge in [0, 0.05) is 12.8 Å². The van der Waals surface area contributed by atoms with Gasteiger partial charge in [0.05, 0.1) is 25.9 Å². The van der Waals surface area contributed by atoms with Crippen LogP contribution >= 0.6 is 7.82 Å². The van der Waals surface area contributed by atoms with E-state index in [1.807, 2.05) is 18.2 Å². The van der Waals surface area contributed by atoms with Crippen LogP contribution in [-0.2, 0) is 32.7 Å². The Kier molecular flexibility index (Phi) is 38.8. The lowest BCUT2D eigenvalue weighted by molar-refractivity contribution is -0.161. The maximum Gasteiger partial charge on any atom is 0.472 e. The molecule has 0 saturated heterocycles. The van der Waals surface area contributed by atoms with Crippen molar-refractivity contribution in [1.29, 1.82) is 0 Å². The van der Waals surface area contributed by atoms with Gasteiger partial charge < -0.3 is 29.7 Å². The van der Waals surface area contributed by atoms with E-state index in [0.29, 0.717) is 25.7 Å². The van der Waals surface area contributed by atoms with Crippen molar-refractivity contribution in [3.8, 4) is 0 Å². The summed E-state index contributed by atoms with van der Waals surface area (Å²) in [7, 11) is -4.67. The second kappa shape index (κ2) is 40.9. The van der Waals surface area contributed by atoms with Crippen molar-refractivity contribution in [2.75, 3.05) is 26.4 Å². The maximum atomic E-state index is 12.6. The molecule has 0 radical (unpaired) electrons. The summed E-state index contributed by atoms with van der Waals surface area (Å²) in [5.41, 5.74) is 0. The molecule has 332 valence electrons. The first-order valence-electron chi connectivity index (χ1n) is 21.7. The molecule has 0 fully saturated rings. The maximum absolute atomic E-state index is 12.6. The van der Waals surface area contributed by atoms with E-state index in [1.54, 1.807) is 18.2 Å². The van der Waals surface area contributed by atoms with Crippen molar-refractivity contribution in [2.24, 2.45) is 0 Å². The van der Waals surface area contributed by atoms with Crippen LogP contribution in [0.1, 0.15) is 149 Å². The van der Waals surface area contributed by atoms with Crippen molar-refractivity contribution >= 4 is 19.8 Å². The number of phosphoric acid groups is 1. The number of carbonyl (C=O) groups is 2. The fourth-order valence-electron chi connectivity index (χ4n) is 5.19. The predicted octanol–water partition coefficient (Wildman–Crippen LogP) is 10.4. The molecule has 0 rings (SSSR count). The van der Waals surface area contributed by atoms with Crippen molar-refractivity contribution < 1.29 is 52.9 Å². The second-order valence-electron chi connectivity index (χ2n) is 14.2. The van der Waals surface area contributed by atoms with Gasteiger partial charge in [-0.1, -0.05) is 137 Å². The van der Waals surface area contributed by atoms with E-state index in [1.165, 1.54) is 38.5 Å². The lowest BCUT2D eigenvalue weighted by Gasteiger charge is -2.20. The Morgan fingerprint density at radius 3 is 1.71 bits per heavy atom. The number of carbonyl (C=O) groups excluding carboxylic acids is 2. The van der Waals surface area contributed by atoms with E-state index in [9.17, 15) is 29.3 Å². The van der Waals surface area contributed by atoms with Gasteiger partial charge in [0.15, 0.2) is 6.10 Å². The monoisotopic (exact) mass is 837 g/mol. The molecule has 0 amide bonds. The summed E-state index contributed by atoms with van der Waals surface area (Å²) in [6.07, 6.45) is 44.3. The average molecular weight is 837 g/mol. The molecule has 2 unspecified atom stereocenters. The summed E-state index contributed by atoms with van der Waals surface area (Å²) < 4.78 is 32.6. The Balaban J connectivity index is 4.54. The number of hydrogen-bond donors (Lipinski definition) is 4. The van der Waals surface area contributed by atoms with E-state index in [0.717, 1.165) is 57.8 Å². The van der Waals surface area contributed by atoms with E-state index >= 15 is 0 Å². The lowest BCUT2D eigenvalue weighted by Crippen LogP contribution is -2.29. The zero-order valence-corrected chi connectivity index (χ0v) is 36.5. The molecule has 0 aromatic rings. The highest BCUT2D eigenvalue weighted by Gasteiger charge is 2.27. The molecule has 0 aliphatic heterocycles. The number of unbranched alkanes of at least 4 members (excludes halogenated alkanes) is 11. The average Bonchev–Trinajstić information content (AvgIpc) is 3.21. The zero-order chi connectivity index (χ0) is 42.8. The molecule has 0 aromatic heterocycles. The smallest absolute Gasteiger partial charge is 0.462 e. The Morgan fingerprint density at radius 1 is 0.586 bits per heavy atom. The first kappa shape index (κ1) is 55.1. The number of hydrogen-bond acceptors (Lipinski definition) is 10. The summed E-state index contributed by atoms with van der Waals surface area (Å²) in [6.45, 7) is 2.11. The molecule has 4 N–H and O–H groups in total. The number of esters is 2. The van der Waals surface area contributed by atoms with Gasteiger partial charge in [0.25, 0.3) is 0 Å². The third kappa shape index (κ3) is 39.9. The van der Waals surface area contributed by atoms with Crippen molar-refractivity contribution in [1.82, 2.24) is 0 Å². The third-order valence-corrected chi connectivity index (χ3v) is 9.55. The molecule has 12 heteroatoms. The van der Waals surface area contributed by atoms with Gasteiger partial charge in [-0.15, -0.1) is 0 Å². The standard InChI is InChI=1S/C46H77O11P/c1-3-5-7-9-11-13-14-15-16-17-18-19-20-22-24-28-32-36-45(50)54-40-44(41-56-58(52,53)55-39-43(49)38-47)57-46(51)37-33-29-25-27-31-35-42(48)34-30-26-23-21-12-10-8-6-4-2/h11-13,15-16,18-19,21,25-27,30-31,35,42-44,47-49H,3-10,14,17,20,22-24,28-29,32-34,36-41H2,1-2H3,(H,52,53)/b13-11-,16-15-,19-18-,21-12-,27-25+,30-26-,35-31-/t42?,43-,44+/m0/s1. The summed E-state index contributed by atoms with van der Waals surface area (Å²) >= 11 is 0. The second-order valence-corrected chi connectivity index (χ2v) is 15.7. The van der Waals surface area contributed by atoms with Crippen LogP contribution in [-0.4, -0.2) is 76.9 Å². The minimum absolute atomic E-state index is 0.0394. The first-order chi connectivity index (χ1) is 28.1. The molecule has 0 aliphatic carbocycles. The molecule has 0 aromatic carbocycles. The SMILES string of the molecule is CCCCC/C=C\C/C=C\C/C=C\CCCCCCC(=O)OC[C@H](COP(=O)(O)OC[C@@H](O)CO)OC(=O)CCC/C=C/C=C\C(O)C/C=C\C/C=C\CCCCC. The van der Waals surface area contributed by atoms with Gasteiger partial charge in [-0.3, -0.25) is 18.6 Å². The molecule has 0 aliphatic rings. The van der Waals surface area contributed by atoms with Crippen LogP contribution in [0.25, 0.3) is 0 Å². The number of ether oxygens (including phenoxy) is 2. The fourth-order valence-corrected chi connectivity index (χ4v) is 5.98. The fraction of sp³-hybridized carbons (Fsp3) is 0.652. The van der Waals surface area contributed by atoms with E-state index in [4.69, 9.17) is 19.1 Å². The highest BCUT2D eigenvalue weighted by Crippen LogP contribution is 2.43. The van der Waals surface area contributed by atoms with Crippen molar-refractivity contribution in [2.45, 2.75) is 167 Å². The first-order valence-corrected chi connectivity index (χ1v) is 23.1. The highest BCUT2D eigenvalue weighted by molar-refractivity contribution is 7.47. The Bertz CT molecular complexity index is 1250. The molecule has 0 spiro atoms. The predicted molar refractivity (Wildman–Crippen MR) is 234 cm³/mol. The normalized spacial score (nSPS) is 15.2.